The van der Waals surface area contributed by atoms with Crippen LogP contribution in [0.3, 0.4) is 0 Å². The molecule has 0 saturated heterocycles. The van der Waals surface area contributed by atoms with Crippen molar-refractivity contribution in [2.24, 2.45) is 5.73 Å². The Labute approximate surface area is 105 Å². The number of alkyl halides is 3. The number of carbonyl (C=O) groups is 2. The fourth-order valence-corrected chi connectivity index (χ4v) is 2.67. The molecule has 0 fully saturated rings. The molecule has 4 nitrogen and oxygen atoms in total. The van der Waals surface area contributed by atoms with E-state index < -0.39 is 18.0 Å². The summed E-state index contributed by atoms with van der Waals surface area (Å²) in [6.07, 6.45) is -4.55. The van der Waals surface area contributed by atoms with Gasteiger partial charge >= 0.3 is 12.1 Å². The van der Waals surface area contributed by atoms with E-state index in [9.17, 15) is 22.8 Å². The zero-order chi connectivity index (χ0) is 14.1. The number of anilines is 1. The van der Waals surface area contributed by atoms with Crippen molar-refractivity contribution in [3.8, 4) is 0 Å². The summed E-state index contributed by atoms with van der Waals surface area (Å²) in [5, 5.41) is 1.53. The van der Waals surface area contributed by atoms with Gasteiger partial charge in [0.25, 0.3) is 5.91 Å². The fraction of sp³-hybridized carbons (Fsp3) is 0.400. The quantitative estimate of drug-likeness (QED) is 0.891. The Balaban J connectivity index is 3.18. The summed E-state index contributed by atoms with van der Waals surface area (Å²) in [4.78, 5) is 22.7. The molecule has 0 atom stereocenters. The van der Waals surface area contributed by atoms with Crippen LogP contribution in [-0.2, 0) is 11.2 Å². The lowest BCUT2D eigenvalue weighted by atomic mass is 10.1. The number of amides is 2. The van der Waals surface area contributed by atoms with Crippen LogP contribution in [0, 0.1) is 6.92 Å². The molecule has 1 rings (SSSR count). The predicted octanol–water partition coefficient (Wildman–Crippen LogP) is 2.22. The first kappa shape index (κ1) is 14.5. The fourth-order valence-electron chi connectivity index (χ4n) is 1.53. The Morgan fingerprint density at radius 1 is 1.39 bits per heavy atom. The van der Waals surface area contributed by atoms with Gasteiger partial charge in [0.15, 0.2) is 0 Å². The molecule has 0 unspecified atom stereocenters. The maximum absolute atomic E-state index is 12.1. The zero-order valence-electron chi connectivity index (χ0n) is 9.64. The lowest BCUT2D eigenvalue weighted by Crippen LogP contribution is -2.30. The number of hydrogen-bond acceptors (Lipinski definition) is 3. The van der Waals surface area contributed by atoms with Gasteiger partial charge in [0.2, 0.25) is 0 Å². The Morgan fingerprint density at radius 2 is 1.94 bits per heavy atom. The van der Waals surface area contributed by atoms with Crippen LogP contribution in [0.1, 0.15) is 27.7 Å². The minimum Gasteiger partial charge on any atom is -0.365 e. The second kappa shape index (κ2) is 4.97. The second-order valence-electron chi connectivity index (χ2n) is 3.51. The largest absolute Gasteiger partial charge is 0.471 e. The van der Waals surface area contributed by atoms with Gasteiger partial charge in [-0.2, -0.15) is 13.2 Å². The van der Waals surface area contributed by atoms with E-state index in [2.05, 4.69) is 0 Å². The number of aryl methyl sites for hydroxylation is 1. The Hall–Kier alpha value is -1.57. The van der Waals surface area contributed by atoms with Crippen molar-refractivity contribution in [1.82, 2.24) is 0 Å². The summed E-state index contributed by atoms with van der Waals surface area (Å²) in [6, 6.07) is 0. The average Bonchev–Trinajstić information content (AvgIpc) is 2.52. The predicted molar refractivity (Wildman–Crippen MR) is 61.6 cm³/mol. The highest BCUT2D eigenvalue weighted by Gasteiger charge is 2.39. The van der Waals surface area contributed by atoms with Gasteiger partial charge in [0.05, 0.1) is 5.56 Å². The van der Waals surface area contributed by atoms with Gasteiger partial charge in [-0.25, -0.2) is 0 Å². The lowest BCUT2D eigenvalue weighted by molar-refractivity contribution is -0.167. The number of thiophene rings is 1. The van der Waals surface area contributed by atoms with Crippen molar-refractivity contribution < 1.29 is 22.8 Å². The van der Waals surface area contributed by atoms with Crippen LogP contribution in [0.15, 0.2) is 0 Å². The number of carbonyl (C=O) groups excluding carboxylic acids is 2. The molecule has 2 amide bonds. The molecule has 0 bridgehead atoms. The monoisotopic (exact) mass is 280 g/mol. The van der Waals surface area contributed by atoms with Gasteiger partial charge in [0.1, 0.15) is 5.00 Å². The van der Waals surface area contributed by atoms with Gasteiger partial charge < -0.3 is 11.1 Å². The van der Waals surface area contributed by atoms with E-state index in [-0.39, 0.29) is 10.6 Å². The van der Waals surface area contributed by atoms with E-state index in [1.54, 1.807) is 19.2 Å². The van der Waals surface area contributed by atoms with E-state index in [0.29, 0.717) is 16.9 Å². The molecular weight excluding hydrogens is 269 g/mol. The van der Waals surface area contributed by atoms with Crippen molar-refractivity contribution in [3.05, 3.63) is 16.0 Å². The first-order valence-corrected chi connectivity index (χ1v) is 5.80. The molecular formula is C10H11F3N2O2S. The van der Waals surface area contributed by atoms with Gasteiger partial charge in [-0.05, 0) is 18.9 Å². The maximum atomic E-state index is 12.1. The number of nitrogens with two attached hydrogens (primary N) is 1. The van der Waals surface area contributed by atoms with Crippen LogP contribution in [-0.4, -0.2) is 18.0 Å². The molecule has 8 heteroatoms. The molecule has 3 N–H and O–H groups in total. The molecule has 0 saturated carbocycles. The topological polar surface area (TPSA) is 72.2 Å². The van der Waals surface area contributed by atoms with Crippen LogP contribution in [0.5, 0.6) is 0 Å². The van der Waals surface area contributed by atoms with Gasteiger partial charge in [0, 0.05) is 4.88 Å². The third kappa shape index (κ3) is 2.81. The summed E-state index contributed by atoms with van der Waals surface area (Å²) in [5.41, 5.74) is 5.64. The van der Waals surface area contributed by atoms with Crippen LogP contribution < -0.4 is 11.1 Å². The average molecular weight is 280 g/mol. The summed E-state index contributed by atoms with van der Waals surface area (Å²) in [5.74, 6) is -2.97. The first-order chi connectivity index (χ1) is 8.18. The SMILES string of the molecule is CCc1c(C)sc(NC(=O)C(F)(F)F)c1C(N)=O. The highest BCUT2D eigenvalue weighted by atomic mass is 32.1. The summed E-state index contributed by atoms with van der Waals surface area (Å²) >= 11 is 0.906. The molecule has 0 aliphatic rings. The van der Waals surface area contributed by atoms with E-state index in [1.807, 2.05) is 0 Å². The van der Waals surface area contributed by atoms with Crippen molar-refractivity contribution >= 4 is 28.2 Å². The lowest BCUT2D eigenvalue weighted by Gasteiger charge is -2.07. The molecule has 18 heavy (non-hydrogen) atoms. The Bertz CT molecular complexity index is 494. The summed E-state index contributed by atoms with van der Waals surface area (Å²) in [7, 11) is 0. The first-order valence-electron chi connectivity index (χ1n) is 4.98. The number of nitrogens with one attached hydrogen (secondary N) is 1. The maximum Gasteiger partial charge on any atom is 0.471 e. The number of rotatable bonds is 3. The van der Waals surface area contributed by atoms with Gasteiger partial charge in [-0.3, -0.25) is 9.59 Å². The van der Waals surface area contributed by atoms with E-state index in [0.717, 1.165) is 11.3 Å². The molecule has 0 aliphatic carbocycles. The molecule has 1 aromatic heterocycles. The molecule has 0 aliphatic heterocycles. The van der Waals surface area contributed by atoms with Crippen LogP contribution in [0.4, 0.5) is 18.2 Å². The van der Waals surface area contributed by atoms with Crippen LogP contribution in [0.2, 0.25) is 0 Å². The molecule has 1 heterocycles. The van der Waals surface area contributed by atoms with Crippen molar-refractivity contribution in [2.45, 2.75) is 26.4 Å². The molecule has 100 valence electrons. The van der Waals surface area contributed by atoms with Crippen LogP contribution in [0.25, 0.3) is 0 Å². The summed E-state index contributed by atoms with van der Waals surface area (Å²) in [6.45, 7) is 3.40. The minimum atomic E-state index is -5.00. The van der Waals surface area contributed by atoms with Crippen molar-refractivity contribution in [2.75, 3.05) is 5.32 Å². The number of primary amides is 1. The Kier molecular flexibility index (Phi) is 4.00. The van der Waals surface area contributed by atoms with Gasteiger partial charge in [-0.1, -0.05) is 6.92 Å². The summed E-state index contributed by atoms with van der Waals surface area (Å²) < 4.78 is 36.4. The minimum absolute atomic E-state index is 0.0439. The zero-order valence-corrected chi connectivity index (χ0v) is 10.5. The Morgan fingerprint density at radius 3 is 2.33 bits per heavy atom. The number of hydrogen-bond donors (Lipinski definition) is 2. The second-order valence-corrected chi connectivity index (χ2v) is 4.74. The van der Waals surface area contributed by atoms with E-state index in [4.69, 9.17) is 5.73 Å². The molecule has 1 aromatic rings. The molecule has 0 spiro atoms. The van der Waals surface area contributed by atoms with Crippen molar-refractivity contribution in [3.63, 3.8) is 0 Å². The highest BCUT2D eigenvalue weighted by Crippen LogP contribution is 2.34. The van der Waals surface area contributed by atoms with Crippen molar-refractivity contribution in [1.29, 1.82) is 0 Å². The smallest absolute Gasteiger partial charge is 0.365 e. The normalized spacial score (nSPS) is 11.4. The number of halogens is 3. The highest BCUT2D eigenvalue weighted by molar-refractivity contribution is 7.16. The third-order valence-corrected chi connectivity index (χ3v) is 3.36. The van der Waals surface area contributed by atoms with Crippen LogP contribution >= 0.6 is 11.3 Å². The molecule has 0 aromatic carbocycles. The van der Waals surface area contributed by atoms with E-state index in [1.165, 1.54) is 0 Å². The van der Waals surface area contributed by atoms with Gasteiger partial charge in [-0.15, -0.1) is 11.3 Å². The molecule has 0 radical (unpaired) electrons. The standard InChI is InChI=1S/C10H11F3N2O2S/c1-3-5-4(2)18-8(6(5)7(14)16)15-9(17)10(11,12)13/h3H2,1-2H3,(H2,14,16)(H,15,17). The third-order valence-electron chi connectivity index (χ3n) is 2.29. The van der Waals surface area contributed by atoms with E-state index >= 15 is 0 Å².